The summed E-state index contributed by atoms with van der Waals surface area (Å²) >= 11 is 0. The molecule has 24 heavy (non-hydrogen) atoms. The summed E-state index contributed by atoms with van der Waals surface area (Å²) < 4.78 is 0. The molecule has 5 nitrogen and oxygen atoms in total. The third kappa shape index (κ3) is 4.48. The third-order valence-electron chi connectivity index (χ3n) is 5.07. The van der Waals surface area contributed by atoms with Crippen LogP contribution in [0.3, 0.4) is 0 Å². The predicted octanol–water partition coefficient (Wildman–Crippen LogP) is 2.32. The standard InChI is InChI=1S/C18H25N3O2.ClH/c1-12(15-10-19-11-15)17(22)20-9-13-4-2-7-16(8-13)21-18(23)14-5-3-6-14;/h2,4,7-8,12,14-15,19H,3,5-6,9-11H2,1H3,(H,20,22)(H,21,23);1H. The molecule has 0 aromatic heterocycles. The fraction of sp³-hybridized carbons (Fsp3) is 0.556. The SMILES string of the molecule is CC(C(=O)NCc1cccc(NC(=O)C2CCC2)c1)C1CNC1.Cl. The van der Waals surface area contributed by atoms with E-state index < -0.39 is 0 Å². The highest BCUT2D eigenvalue weighted by molar-refractivity contribution is 5.93. The number of carbonyl (C=O) groups is 2. The minimum atomic E-state index is 0. The number of rotatable bonds is 6. The van der Waals surface area contributed by atoms with Gasteiger partial charge in [-0.2, -0.15) is 0 Å². The highest BCUT2D eigenvalue weighted by Crippen LogP contribution is 2.27. The van der Waals surface area contributed by atoms with Crippen molar-refractivity contribution in [3.8, 4) is 0 Å². The number of benzene rings is 1. The van der Waals surface area contributed by atoms with Crippen LogP contribution in [0.15, 0.2) is 24.3 Å². The summed E-state index contributed by atoms with van der Waals surface area (Å²) in [5, 5.41) is 9.16. The lowest BCUT2D eigenvalue weighted by molar-refractivity contribution is -0.127. The third-order valence-corrected chi connectivity index (χ3v) is 5.07. The quantitative estimate of drug-likeness (QED) is 0.736. The number of amides is 2. The van der Waals surface area contributed by atoms with Crippen molar-refractivity contribution in [2.24, 2.45) is 17.8 Å². The second-order valence-electron chi connectivity index (χ2n) is 6.74. The molecule has 3 rings (SSSR count). The molecule has 1 heterocycles. The van der Waals surface area contributed by atoms with Crippen molar-refractivity contribution in [3.05, 3.63) is 29.8 Å². The summed E-state index contributed by atoms with van der Waals surface area (Å²) in [5.74, 6) is 0.875. The van der Waals surface area contributed by atoms with Gasteiger partial charge in [-0.25, -0.2) is 0 Å². The summed E-state index contributed by atoms with van der Waals surface area (Å²) in [6, 6.07) is 7.71. The van der Waals surface area contributed by atoms with E-state index in [1.54, 1.807) is 0 Å². The maximum absolute atomic E-state index is 12.1. The van der Waals surface area contributed by atoms with Crippen LogP contribution < -0.4 is 16.0 Å². The van der Waals surface area contributed by atoms with E-state index in [1.165, 1.54) is 0 Å². The molecule has 1 saturated heterocycles. The highest BCUT2D eigenvalue weighted by Gasteiger charge is 2.28. The van der Waals surface area contributed by atoms with Crippen molar-refractivity contribution in [3.63, 3.8) is 0 Å². The largest absolute Gasteiger partial charge is 0.352 e. The second-order valence-corrected chi connectivity index (χ2v) is 6.74. The van der Waals surface area contributed by atoms with Crippen LogP contribution in [0.2, 0.25) is 0 Å². The molecule has 2 amide bonds. The van der Waals surface area contributed by atoms with E-state index in [1.807, 2.05) is 31.2 Å². The van der Waals surface area contributed by atoms with Crippen LogP contribution in [0.25, 0.3) is 0 Å². The molecule has 1 saturated carbocycles. The minimum Gasteiger partial charge on any atom is -0.352 e. The molecule has 2 fully saturated rings. The van der Waals surface area contributed by atoms with Crippen LogP contribution in [0.4, 0.5) is 5.69 Å². The first-order chi connectivity index (χ1) is 11.1. The number of halogens is 1. The molecule has 0 radical (unpaired) electrons. The van der Waals surface area contributed by atoms with Gasteiger partial charge < -0.3 is 16.0 Å². The zero-order valence-corrected chi connectivity index (χ0v) is 14.8. The maximum atomic E-state index is 12.1. The summed E-state index contributed by atoms with van der Waals surface area (Å²) in [6.07, 6.45) is 3.14. The fourth-order valence-electron chi connectivity index (χ4n) is 2.90. The lowest BCUT2D eigenvalue weighted by atomic mass is 9.85. The first-order valence-corrected chi connectivity index (χ1v) is 8.51. The first-order valence-electron chi connectivity index (χ1n) is 8.51. The number of anilines is 1. The predicted molar refractivity (Wildman–Crippen MR) is 97.0 cm³/mol. The van der Waals surface area contributed by atoms with Crippen molar-refractivity contribution in [2.45, 2.75) is 32.7 Å². The minimum absolute atomic E-state index is 0. The average Bonchev–Trinajstić information content (AvgIpc) is 2.41. The van der Waals surface area contributed by atoms with Crippen molar-refractivity contribution in [2.75, 3.05) is 18.4 Å². The van der Waals surface area contributed by atoms with E-state index in [9.17, 15) is 9.59 Å². The van der Waals surface area contributed by atoms with Gasteiger partial charge in [0, 0.05) is 24.1 Å². The van der Waals surface area contributed by atoms with Crippen LogP contribution in [0.1, 0.15) is 31.7 Å². The van der Waals surface area contributed by atoms with E-state index in [0.29, 0.717) is 12.5 Å². The van der Waals surface area contributed by atoms with Gasteiger partial charge in [-0.3, -0.25) is 9.59 Å². The molecule has 1 aliphatic heterocycles. The number of hydrogen-bond donors (Lipinski definition) is 3. The Morgan fingerprint density at radius 1 is 1.29 bits per heavy atom. The fourth-order valence-corrected chi connectivity index (χ4v) is 2.90. The molecule has 3 N–H and O–H groups in total. The molecule has 132 valence electrons. The summed E-state index contributed by atoms with van der Waals surface area (Å²) in [5.41, 5.74) is 1.81. The Balaban J connectivity index is 0.00000208. The Bertz CT molecular complexity index is 585. The molecule has 2 aliphatic rings. The molecule has 0 spiro atoms. The molecular formula is C18H26ClN3O2. The smallest absolute Gasteiger partial charge is 0.227 e. The molecule has 1 unspecified atom stereocenters. The van der Waals surface area contributed by atoms with Crippen molar-refractivity contribution in [1.82, 2.24) is 10.6 Å². The van der Waals surface area contributed by atoms with Gasteiger partial charge >= 0.3 is 0 Å². The molecule has 1 aliphatic carbocycles. The maximum Gasteiger partial charge on any atom is 0.227 e. The van der Waals surface area contributed by atoms with Gasteiger partial charge in [0.2, 0.25) is 11.8 Å². The molecule has 1 aromatic carbocycles. The van der Waals surface area contributed by atoms with Gasteiger partial charge in [-0.15, -0.1) is 12.4 Å². The number of hydrogen-bond acceptors (Lipinski definition) is 3. The highest BCUT2D eigenvalue weighted by atomic mass is 35.5. The van der Waals surface area contributed by atoms with Crippen LogP contribution in [0.5, 0.6) is 0 Å². The molecule has 0 bridgehead atoms. The lowest BCUT2D eigenvalue weighted by Gasteiger charge is -2.31. The van der Waals surface area contributed by atoms with Crippen molar-refractivity contribution >= 4 is 29.9 Å². The molecule has 6 heteroatoms. The van der Waals surface area contributed by atoms with Gasteiger partial charge in [0.25, 0.3) is 0 Å². The molecule has 1 aromatic rings. The Morgan fingerprint density at radius 2 is 2.04 bits per heavy atom. The Morgan fingerprint density at radius 3 is 2.62 bits per heavy atom. The molecular weight excluding hydrogens is 326 g/mol. The van der Waals surface area contributed by atoms with E-state index in [-0.39, 0.29) is 36.1 Å². The van der Waals surface area contributed by atoms with Gasteiger partial charge in [-0.1, -0.05) is 25.5 Å². The van der Waals surface area contributed by atoms with Crippen LogP contribution in [-0.4, -0.2) is 24.9 Å². The Kier molecular flexibility index (Phi) is 6.63. The van der Waals surface area contributed by atoms with Crippen LogP contribution in [0, 0.1) is 17.8 Å². The van der Waals surface area contributed by atoms with E-state index in [2.05, 4.69) is 16.0 Å². The zero-order valence-electron chi connectivity index (χ0n) is 14.0. The van der Waals surface area contributed by atoms with Gasteiger partial charge in [0.05, 0.1) is 0 Å². The molecule has 1 atom stereocenters. The van der Waals surface area contributed by atoms with E-state index >= 15 is 0 Å². The van der Waals surface area contributed by atoms with Crippen molar-refractivity contribution < 1.29 is 9.59 Å². The summed E-state index contributed by atoms with van der Waals surface area (Å²) in [6.45, 7) is 4.33. The Labute approximate surface area is 149 Å². The average molecular weight is 352 g/mol. The Hall–Kier alpha value is -1.59. The van der Waals surface area contributed by atoms with Gasteiger partial charge in [0.1, 0.15) is 0 Å². The van der Waals surface area contributed by atoms with Crippen LogP contribution in [-0.2, 0) is 16.1 Å². The lowest BCUT2D eigenvalue weighted by Crippen LogP contribution is -2.49. The normalized spacial score (nSPS) is 18.5. The number of nitrogens with one attached hydrogen (secondary N) is 3. The van der Waals surface area contributed by atoms with Crippen molar-refractivity contribution in [1.29, 1.82) is 0 Å². The summed E-state index contributed by atoms with van der Waals surface area (Å²) in [4.78, 5) is 24.1. The monoisotopic (exact) mass is 351 g/mol. The first kappa shape index (κ1) is 18.7. The van der Waals surface area contributed by atoms with E-state index in [4.69, 9.17) is 0 Å². The summed E-state index contributed by atoms with van der Waals surface area (Å²) in [7, 11) is 0. The topological polar surface area (TPSA) is 70.2 Å². The van der Waals surface area contributed by atoms with Gasteiger partial charge in [0.15, 0.2) is 0 Å². The second kappa shape index (κ2) is 8.49. The zero-order chi connectivity index (χ0) is 16.2. The number of carbonyl (C=O) groups excluding carboxylic acids is 2. The van der Waals surface area contributed by atoms with Gasteiger partial charge in [-0.05, 0) is 49.5 Å². The van der Waals surface area contributed by atoms with E-state index in [0.717, 1.165) is 43.6 Å². The van der Waals surface area contributed by atoms with Crippen LogP contribution >= 0.6 is 12.4 Å².